The number of anilines is 1. The van der Waals surface area contributed by atoms with Crippen LogP contribution in [0.2, 0.25) is 0 Å². The van der Waals surface area contributed by atoms with E-state index in [-0.39, 0.29) is 5.91 Å². The number of rotatable bonds is 1. The number of hydrogen-bond donors (Lipinski definition) is 2. The highest BCUT2D eigenvalue weighted by molar-refractivity contribution is 7.16. The van der Waals surface area contributed by atoms with Gasteiger partial charge in [-0.1, -0.05) is 6.92 Å². The van der Waals surface area contributed by atoms with Gasteiger partial charge in [-0.2, -0.15) is 0 Å². The maximum Gasteiger partial charge on any atom is 0.254 e. The molecule has 0 saturated heterocycles. The van der Waals surface area contributed by atoms with E-state index in [1.165, 1.54) is 10.4 Å². The van der Waals surface area contributed by atoms with E-state index in [2.05, 4.69) is 12.2 Å². The van der Waals surface area contributed by atoms with Crippen molar-refractivity contribution in [2.24, 2.45) is 5.92 Å². The van der Waals surface area contributed by atoms with Gasteiger partial charge < -0.3 is 11.1 Å². The first-order chi connectivity index (χ1) is 7.13. The molecule has 4 heteroatoms. The van der Waals surface area contributed by atoms with Crippen LogP contribution in [0.3, 0.4) is 0 Å². The Balaban J connectivity index is 2.44. The topological polar surface area (TPSA) is 55.1 Å². The molecule has 1 aromatic rings. The van der Waals surface area contributed by atoms with Crippen molar-refractivity contribution in [3.63, 3.8) is 0 Å². The second-order valence-electron chi connectivity index (χ2n) is 4.17. The first-order valence-electron chi connectivity index (χ1n) is 5.25. The van der Waals surface area contributed by atoms with Crippen molar-refractivity contribution < 1.29 is 4.79 Å². The Bertz CT molecular complexity index is 398. The molecule has 0 aromatic carbocycles. The fourth-order valence-corrected chi connectivity index (χ4v) is 3.42. The Hall–Kier alpha value is -1.03. The van der Waals surface area contributed by atoms with Crippen LogP contribution in [0.1, 0.15) is 34.1 Å². The van der Waals surface area contributed by atoms with Crippen LogP contribution in [0.4, 0.5) is 5.00 Å². The molecular weight excluding hydrogens is 208 g/mol. The smallest absolute Gasteiger partial charge is 0.254 e. The standard InChI is InChI=1S/C11H16N2OS/c1-6-3-4-7-8(5-6)15-10(12)9(7)11(14)13-2/h6H,3-5,12H2,1-2H3,(H,13,14). The average Bonchev–Trinajstić information content (AvgIpc) is 2.52. The predicted octanol–water partition coefficient (Wildman–Crippen LogP) is 1.81. The number of thiophene rings is 1. The minimum absolute atomic E-state index is 0.0421. The van der Waals surface area contributed by atoms with E-state index >= 15 is 0 Å². The highest BCUT2D eigenvalue weighted by Gasteiger charge is 2.25. The lowest BCUT2D eigenvalue weighted by atomic mass is 9.88. The van der Waals surface area contributed by atoms with Gasteiger partial charge in [0.15, 0.2) is 0 Å². The Morgan fingerprint density at radius 1 is 1.60 bits per heavy atom. The van der Waals surface area contributed by atoms with Gasteiger partial charge in [-0.05, 0) is 30.7 Å². The van der Waals surface area contributed by atoms with Crippen LogP contribution < -0.4 is 11.1 Å². The van der Waals surface area contributed by atoms with Crippen molar-refractivity contribution in [1.29, 1.82) is 0 Å². The molecule has 0 fully saturated rings. The van der Waals surface area contributed by atoms with Gasteiger partial charge in [0.05, 0.1) is 10.6 Å². The van der Waals surface area contributed by atoms with Gasteiger partial charge in [-0.25, -0.2) is 0 Å². The molecule has 1 unspecified atom stereocenters. The summed E-state index contributed by atoms with van der Waals surface area (Å²) in [5, 5.41) is 3.33. The molecule has 1 amide bonds. The number of nitrogens with one attached hydrogen (secondary N) is 1. The molecular formula is C11H16N2OS. The van der Waals surface area contributed by atoms with Crippen molar-refractivity contribution in [2.45, 2.75) is 26.2 Å². The Morgan fingerprint density at radius 3 is 3.00 bits per heavy atom. The summed E-state index contributed by atoms with van der Waals surface area (Å²) in [4.78, 5) is 13.0. The number of amides is 1. The third kappa shape index (κ3) is 1.74. The predicted molar refractivity (Wildman–Crippen MR) is 63.3 cm³/mol. The fraction of sp³-hybridized carbons (Fsp3) is 0.545. The summed E-state index contributed by atoms with van der Waals surface area (Å²) < 4.78 is 0. The Morgan fingerprint density at radius 2 is 2.33 bits per heavy atom. The molecule has 3 nitrogen and oxygen atoms in total. The van der Waals surface area contributed by atoms with Crippen molar-refractivity contribution in [1.82, 2.24) is 5.32 Å². The van der Waals surface area contributed by atoms with Gasteiger partial charge in [-0.3, -0.25) is 4.79 Å². The van der Waals surface area contributed by atoms with Crippen LogP contribution in [-0.4, -0.2) is 13.0 Å². The zero-order chi connectivity index (χ0) is 11.0. The van der Waals surface area contributed by atoms with Crippen LogP contribution in [0, 0.1) is 5.92 Å². The second-order valence-corrected chi connectivity index (χ2v) is 5.31. The number of hydrogen-bond acceptors (Lipinski definition) is 3. The SMILES string of the molecule is CNC(=O)c1c(N)sc2c1CCC(C)C2. The Labute approximate surface area is 93.7 Å². The van der Waals surface area contributed by atoms with Crippen LogP contribution >= 0.6 is 11.3 Å². The van der Waals surface area contributed by atoms with Gasteiger partial charge in [0.2, 0.25) is 0 Å². The third-order valence-corrected chi connectivity index (χ3v) is 4.08. The van der Waals surface area contributed by atoms with Gasteiger partial charge >= 0.3 is 0 Å². The van der Waals surface area contributed by atoms with Crippen LogP contribution in [0.15, 0.2) is 0 Å². The van der Waals surface area contributed by atoms with Crippen LogP contribution in [-0.2, 0) is 12.8 Å². The molecule has 1 heterocycles. The van der Waals surface area contributed by atoms with Crippen molar-refractivity contribution in [3.8, 4) is 0 Å². The van der Waals surface area contributed by atoms with Crippen molar-refractivity contribution in [2.75, 3.05) is 12.8 Å². The number of nitrogens with two attached hydrogens (primary N) is 1. The largest absolute Gasteiger partial charge is 0.390 e. The summed E-state index contributed by atoms with van der Waals surface area (Å²) in [6, 6.07) is 0. The molecule has 0 spiro atoms. The maximum absolute atomic E-state index is 11.7. The number of fused-ring (bicyclic) bond motifs is 1. The molecule has 1 aromatic heterocycles. The number of nitrogen functional groups attached to an aromatic ring is 1. The molecule has 1 aliphatic carbocycles. The minimum Gasteiger partial charge on any atom is -0.390 e. The van der Waals surface area contributed by atoms with E-state index in [0.29, 0.717) is 10.9 Å². The molecule has 15 heavy (non-hydrogen) atoms. The zero-order valence-electron chi connectivity index (χ0n) is 9.09. The molecule has 0 aliphatic heterocycles. The highest BCUT2D eigenvalue weighted by atomic mass is 32.1. The molecule has 82 valence electrons. The molecule has 0 radical (unpaired) electrons. The molecule has 1 atom stereocenters. The van der Waals surface area contributed by atoms with Crippen molar-refractivity contribution in [3.05, 3.63) is 16.0 Å². The van der Waals surface area contributed by atoms with Gasteiger partial charge in [-0.15, -0.1) is 11.3 Å². The van der Waals surface area contributed by atoms with Crippen molar-refractivity contribution >= 4 is 22.2 Å². The quantitative estimate of drug-likeness (QED) is 0.764. The fourth-order valence-electron chi connectivity index (χ4n) is 2.15. The van der Waals surface area contributed by atoms with Crippen LogP contribution in [0.5, 0.6) is 0 Å². The summed E-state index contributed by atoms with van der Waals surface area (Å²) >= 11 is 1.58. The van der Waals surface area contributed by atoms with Gasteiger partial charge in [0, 0.05) is 11.9 Å². The van der Waals surface area contributed by atoms with Crippen LogP contribution in [0.25, 0.3) is 0 Å². The van der Waals surface area contributed by atoms with E-state index in [4.69, 9.17) is 5.73 Å². The highest BCUT2D eigenvalue weighted by Crippen LogP contribution is 2.37. The van der Waals surface area contributed by atoms with E-state index < -0.39 is 0 Å². The first-order valence-corrected chi connectivity index (χ1v) is 6.07. The van der Waals surface area contributed by atoms with E-state index in [1.807, 2.05) is 0 Å². The lowest BCUT2D eigenvalue weighted by Gasteiger charge is -2.18. The molecule has 0 bridgehead atoms. The van der Waals surface area contributed by atoms with E-state index in [1.54, 1.807) is 18.4 Å². The number of carbonyl (C=O) groups is 1. The summed E-state index contributed by atoms with van der Waals surface area (Å²) in [6.45, 7) is 2.25. The minimum atomic E-state index is -0.0421. The average molecular weight is 224 g/mol. The summed E-state index contributed by atoms with van der Waals surface area (Å²) in [7, 11) is 1.65. The maximum atomic E-state index is 11.7. The Kier molecular flexibility index (Phi) is 2.69. The summed E-state index contributed by atoms with van der Waals surface area (Å²) in [5.74, 6) is 0.674. The van der Waals surface area contributed by atoms with E-state index in [9.17, 15) is 4.79 Å². The third-order valence-electron chi connectivity index (χ3n) is 2.99. The normalized spacial score (nSPS) is 19.7. The van der Waals surface area contributed by atoms with Gasteiger partial charge in [0.1, 0.15) is 0 Å². The summed E-state index contributed by atoms with van der Waals surface area (Å²) in [5.41, 5.74) is 7.82. The molecule has 1 aliphatic rings. The molecule has 3 N–H and O–H groups in total. The summed E-state index contributed by atoms with van der Waals surface area (Å²) in [6.07, 6.45) is 3.22. The zero-order valence-corrected chi connectivity index (χ0v) is 9.91. The molecule has 0 saturated carbocycles. The first kappa shape index (κ1) is 10.5. The monoisotopic (exact) mass is 224 g/mol. The molecule has 2 rings (SSSR count). The van der Waals surface area contributed by atoms with E-state index in [0.717, 1.165) is 24.8 Å². The number of carbonyl (C=O) groups excluding carboxylic acids is 1. The lowest BCUT2D eigenvalue weighted by Crippen LogP contribution is -2.21. The lowest BCUT2D eigenvalue weighted by molar-refractivity contribution is 0.0963. The van der Waals surface area contributed by atoms with Gasteiger partial charge in [0.25, 0.3) is 5.91 Å². The second kappa shape index (κ2) is 3.85.